The quantitative estimate of drug-likeness (QED) is 0.861. The largest absolute Gasteiger partial charge is 0.478 e. The highest BCUT2D eigenvalue weighted by molar-refractivity contribution is 6.03. The molecule has 0 saturated heterocycles. The van der Waals surface area contributed by atoms with E-state index in [9.17, 15) is 9.59 Å². The molecule has 0 unspecified atom stereocenters. The summed E-state index contributed by atoms with van der Waals surface area (Å²) in [6, 6.07) is 4.45. The van der Waals surface area contributed by atoms with Crippen molar-refractivity contribution >= 4 is 23.6 Å². The fourth-order valence-electron chi connectivity index (χ4n) is 2.30. The van der Waals surface area contributed by atoms with Crippen molar-refractivity contribution in [3.63, 3.8) is 0 Å². The number of benzene rings is 1. The second-order valence-corrected chi connectivity index (χ2v) is 4.69. The first-order valence-electron chi connectivity index (χ1n) is 6.35. The molecule has 8 nitrogen and oxygen atoms in total. The maximum absolute atomic E-state index is 12.3. The van der Waals surface area contributed by atoms with Crippen molar-refractivity contribution in [2.75, 3.05) is 16.8 Å². The van der Waals surface area contributed by atoms with Gasteiger partial charge in [-0.05, 0) is 24.1 Å². The van der Waals surface area contributed by atoms with E-state index >= 15 is 0 Å². The van der Waals surface area contributed by atoms with Gasteiger partial charge in [-0.2, -0.15) is 10.1 Å². The molecule has 2 N–H and O–H groups in total. The molecule has 0 saturated carbocycles. The van der Waals surface area contributed by atoms with E-state index in [-0.39, 0.29) is 11.6 Å². The lowest BCUT2D eigenvalue weighted by molar-refractivity contribution is 0.0697. The zero-order valence-corrected chi connectivity index (χ0v) is 11.3. The summed E-state index contributed by atoms with van der Waals surface area (Å²) in [6.45, 7) is 0.502. The van der Waals surface area contributed by atoms with Crippen molar-refractivity contribution in [3.05, 3.63) is 35.7 Å². The van der Waals surface area contributed by atoms with E-state index in [2.05, 4.69) is 15.4 Å². The number of amides is 2. The number of carboxylic acids is 1. The number of urea groups is 1. The fraction of sp³-hybridized carbons (Fsp3) is 0.231. The number of hydrogen-bond donors (Lipinski definition) is 2. The molecule has 1 aliphatic rings. The van der Waals surface area contributed by atoms with Gasteiger partial charge in [0.15, 0.2) is 0 Å². The third kappa shape index (κ3) is 2.31. The van der Waals surface area contributed by atoms with Crippen molar-refractivity contribution in [2.24, 2.45) is 7.05 Å². The van der Waals surface area contributed by atoms with E-state index in [4.69, 9.17) is 5.11 Å². The van der Waals surface area contributed by atoms with Crippen LogP contribution in [0.1, 0.15) is 15.9 Å². The molecule has 1 aromatic carbocycles. The fourth-order valence-corrected chi connectivity index (χ4v) is 2.30. The number of aryl methyl sites for hydroxylation is 1. The first-order valence-corrected chi connectivity index (χ1v) is 6.35. The van der Waals surface area contributed by atoms with Crippen LogP contribution in [0.25, 0.3) is 0 Å². The predicted octanol–water partition coefficient (Wildman–Crippen LogP) is 1.11. The number of carbonyl (C=O) groups is 2. The van der Waals surface area contributed by atoms with Gasteiger partial charge in [-0.25, -0.2) is 14.3 Å². The standard InChI is InChI=1S/C13H13N5O3/c1-17-12(14-7-15-17)16-13(21)18-5-4-8-2-3-9(11(19)20)6-10(8)18/h2-3,6-7H,4-5H2,1H3,(H,19,20)(H,14,15,16,21). The van der Waals surface area contributed by atoms with E-state index in [0.717, 1.165) is 5.56 Å². The molecule has 0 radical (unpaired) electrons. The second-order valence-electron chi connectivity index (χ2n) is 4.69. The molecule has 0 spiro atoms. The van der Waals surface area contributed by atoms with Crippen molar-refractivity contribution in [1.29, 1.82) is 0 Å². The minimum absolute atomic E-state index is 0.159. The molecule has 3 rings (SSSR count). The van der Waals surface area contributed by atoms with Gasteiger partial charge in [0.1, 0.15) is 6.33 Å². The highest BCUT2D eigenvalue weighted by Gasteiger charge is 2.26. The number of carboxylic acid groups (broad SMARTS) is 1. The molecule has 0 fully saturated rings. The van der Waals surface area contributed by atoms with Gasteiger partial charge in [-0.15, -0.1) is 0 Å². The molecular formula is C13H13N5O3. The predicted molar refractivity (Wildman–Crippen MR) is 74.5 cm³/mol. The van der Waals surface area contributed by atoms with Gasteiger partial charge >= 0.3 is 12.0 Å². The highest BCUT2D eigenvalue weighted by atomic mass is 16.4. The number of fused-ring (bicyclic) bond motifs is 1. The number of aromatic carboxylic acids is 1. The summed E-state index contributed by atoms with van der Waals surface area (Å²) in [5.74, 6) is -0.679. The number of aromatic nitrogens is 3. The zero-order valence-electron chi connectivity index (χ0n) is 11.3. The Morgan fingerprint density at radius 3 is 2.86 bits per heavy atom. The summed E-state index contributed by atoms with van der Waals surface area (Å²) >= 11 is 0. The van der Waals surface area contributed by atoms with Crippen LogP contribution in [0, 0.1) is 0 Å². The Balaban J connectivity index is 1.86. The van der Waals surface area contributed by atoms with Crippen LogP contribution in [0.4, 0.5) is 16.4 Å². The Morgan fingerprint density at radius 1 is 1.38 bits per heavy atom. The lowest BCUT2D eigenvalue weighted by atomic mass is 10.1. The molecule has 1 aliphatic heterocycles. The van der Waals surface area contributed by atoms with Gasteiger partial charge in [0.2, 0.25) is 5.95 Å². The van der Waals surface area contributed by atoms with Gasteiger partial charge in [0.05, 0.1) is 5.56 Å². The monoisotopic (exact) mass is 287 g/mol. The molecule has 8 heteroatoms. The van der Waals surface area contributed by atoms with E-state index in [1.165, 1.54) is 22.0 Å². The van der Waals surface area contributed by atoms with Gasteiger partial charge in [-0.1, -0.05) is 6.07 Å². The Hall–Kier alpha value is -2.90. The molecular weight excluding hydrogens is 274 g/mol. The number of hydrogen-bond acceptors (Lipinski definition) is 4. The Bertz CT molecular complexity index is 724. The van der Waals surface area contributed by atoms with Crippen LogP contribution in [0.5, 0.6) is 0 Å². The SMILES string of the molecule is Cn1ncnc1NC(=O)N1CCc2ccc(C(=O)O)cc21. The summed E-state index contributed by atoms with van der Waals surface area (Å²) in [5.41, 5.74) is 1.73. The number of rotatable bonds is 2. The van der Waals surface area contributed by atoms with Crippen molar-refractivity contribution < 1.29 is 14.7 Å². The van der Waals surface area contributed by atoms with Crippen LogP contribution < -0.4 is 10.2 Å². The lowest BCUT2D eigenvalue weighted by Gasteiger charge is -2.17. The molecule has 108 valence electrons. The molecule has 2 aromatic rings. The third-order valence-corrected chi connectivity index (χ3v) is 3.40. The molecule has 0 aliphatic carbocycles. The third-order valence-electron chi connectivity index (χ3n) is 3.40. The molecule has 2 heterocycles. The van der Waals surface area contributed by atoms with Crippen molar-refractivity contribution in [2.45, 2.75) is 6.42 Å². The Labute approximate surface area is 120 Å². The normalized spacial score (nSPS) is 13.1. The average Bonchev–Trinajstić information content (AvgIpc) is 3.04. The second kappa shape index (κ2) is 4.89. The van der Waals surface area contributed by atoms with Crippen LogP contribution in [0.2, 0.25) is 0 Å². The summed E-state index contributed by atoms with van der Waals surface area (Å²) in [6.07, 6.45) is 2.04. The molecule has 0 atom stereocenters. The summed E-state index contributed by atoms with van der Waals surface area (Å²) in [4.78, 5) is 28.8. The highest BCUT2D eigenvalue weighted by Crippen LogP contribution is 2.29. The van der Waals surface area contributed by atoms with Crippen molar-refractivity contribution in [1.82, 2.24) is 14.8 Å². The number of nitrogens with zero attached hydrogens (tertiary/aromatic N) is 4. The first-order chi connectivity index (χ1) is 10.1. The minimum atomic E-state index is -1.02. The van der Waals surface area contributed by atoms with E-state index < -0.39 is 5.97 Å². The van der Waals surface area contributed by atoms with Crippen LogP contribution in [-0.2, 0) is 13.5 Å². The average molecular weight is 287 g/mol. The summed E-state index contributed by atoms with van der Waals surface area (Å²) in [7, 11) is 1.67. The van der Waals surface area contributed by atoms with Crippen LogP contribution in [-0.4, -0.2) is 38.4 Å². The number of anilines is 2. The first kappa shape index (κ1) is 13.1. The van der Waals surface area contributed by atoms with Crippen LogP contribution >= 0.6 is 0 Å². The Kier molecular flexibility index (Phi) is 3.05. The number of nitrogens with one attached hydrogen (secondary N) is 1. The van der Waals surface area contributed by atoms with Gasteiger partial charge in [0.25, 0.3) is 0 Å². The molecule has 2 amide bonds. The van der Waals surface area contributed by atoms with E-state index in [0.29, 0.717) is 24.6 Å². The summed E-state index contributed by atoms with van der Waals surface area (Å²) < 4.78 is 1.45. The number of carbonyl (C=O) groups excluding carboxylic acids is 1. The Morgan fingerprint density at radius 2 is 2.19 bits per heavy atom. The maximum Gasteiger partial charge on any atom is 0.335 e. The van der Waals surface area contributed by atoms with E-state index in [1.807, 2.05) is 0 Å². The topological polar surface area (TPSA) is 100 Å². The van der Waals surface area contributed by atoms with Gasteiger partial charge < -0.3 is 5.11 Å². The lowest BCUT2D eigenvalue weighted by Crippen LogP contribution is -2.34. The summed E-state index contributed by atoms with van der Waals surface area (Å²) in [5, 5.41) is 15.6. The smallest absolute Gasteiger partial charge is 0.335 e. The van der Waals surface area contributed by atoms with Gasteiger partial charge in [0, 0.05) is 19.3 Å². The zero-order chi connectivity index (χ0) is 15.0. The molecule has 1 aromatic heterocycles. The van der Waals surface area contributed by atoms with Crippen molar-refractivity contribution in [3.8, 4) is 0 Å². The van der Waals surface area contributed by atoms with E-state index in [1.54, 1.807) is 19.2 Å². The minimum Gasteiger partial charge on any atom is -0.478 e. The van der Waals surface area contributed by atoms with Crippen LogP contribution in [0.15, 0.2) is 24.5 Å². The molecule has 21 heavy (non-hydrogen) atoms. The molecule has 0 bridgehead atoms. The maximum atomic E-state index is 12.3. The van der Waals surface area contributed by atoms with Crippen LogP contribution in [0.3, 0.4) is 0 Å². The van der Waals surface area contributed by atoms with Gasteiger partial charge in [-0.3, -0.25) is 10.2 Å².